The number of primary amides is 1. The zero-order valence-electron chi connectivity index (χ0n) is 24.9. The van der Waals surface area contributed by atoms with Crippen molar-refractivity contribution in [2.45, 2.75) is 32.5 Å². The van der Waals surface area contributed by atoms with Crippen LogP contribution in [0.2, 0.25) is 0 Å². The minimum absolute atomic E-state index is 0.112. The van der Waals surface area contributed by atoms with Gasteiger partial charge >= 0.3 is 6.61 Å². The maximum absolute atomic E-state index is 14.6. The Morgan fingerprint density at radius 2 is 1.58 bits per heavy atom. The summed E-state index contributed by atoms with van der Waals surface area (Å²) in [7, 11) is 1.49. The van der Waals surface area contributed by atoms with Crippen LogP contribution >= 0.6 is 0 Å². The summed E-state index contributed by atoms with van der Waals surface area (Å²) < 4.78 is 32.0. The molecule has 0 bridgehead atoms. The average Bonchev–Trinajstić information content (AvgIpc) is 3.15. The Kier molecular flexibility index (Phi) is 8.65. The Labute approximate surface area is 258 Å². The second-order valence-corrected chi connectivity index (χ2v) is 11.0. The highest BCUT2D eigenvalue weighted by Crippen LogP contribution is 2.40. The number of alkyl halides is 2. The van der Waals surface area contributed by atoms with Crippen molar-refractivity contribution in [3.63, 3.8) is 0 Å². The fraction of sp³-hybridized carbons (Fsp3) is 0.235. The Bertz CT molecular complexity index is 1800. The molecule has 4 aromatic rings. The maximum Gasteiger partial charge on any atom is 0.387 e. The normalized spacial score (nSPS) is 16.2. The van der Waals surface area contributed by atoms with Gasteiger partial charge in [-0.25, -0.2) is 0 Å². The molecule has 1 aliphatic heterocycles. The predicted octanol–water partition coefficient (Wildman–Crippen LogP) is 4.92. The lowest BCUT2D eigenvalue weighted by atomic mass is 9.83. The van der Waals surface area contributed by atoms with E-state index in [1.807, 2.05) is 6.07 Å². The van der Waals surface area contributed by atoms with Crippen LogP contribution in [-0.2, 0) is 16.1 Å². The Morgan fingerprint density at radius 3 is 2.20 bits per heavy atom. The van der Waals surface area contributed by atoms with Crippen molar-refractivity contribution < 1.29 is 32.7 Å². The monoisotopic (exact) mass is 614 g/mol. The van der Waals surface area contributed by atoms with Gasteiger partial charge in [-0.2, -0.15) is 8.78 Å². The standard InChI is InChI=1S/C34H32F2N4O5/c1-20(41)21-12-14-23(15-13-21)30(42)40-19-26(34(2,38-3)32(37)44)31(43)39(27-10-6-7-11-28(27)40)18-25-24-9-5-4-8-22(24)16-17-29(25)45-33(35)36/h4-17,26,33,38H,18-19H2,1-3H3,(H2,37,44)/t26-,34?/m1/s1. The number of benzene rings is 4. The molecule has 0 radical (unpaired) electrons. The van der Waals surface area contributed by atoms with Crippen molar-refractivity contribution in [1.29, 1.82) is 0 Å². The third-order valence-corrected chi connectivity index (χ3v) is 8.43. The molecule has 1 aliphatic rings. The van der Waals surface area contributed by atoms with E-state index in [9.17, 15) is 28.0 Å². The SMILES string of the molecule is CNC(C)(C(N)=O)[C@@H]1CN(C(=O)c2ccc(C(C)=O)cc2)c2ccccc2N(Cc2c(OC(F)F)ccc3ccccc23)C1=O. The van der Waals surface area contributed by atoms with Crippen molar-refractivity contribution in [1.82, 2.24) is 5.32 Å². The molecule has 0 spiro atoms. The van der Waals surface area contributed by atoms with Gasteiger partial charge in [-0.05, 0) is 62.0 Å². The first-order chi connectivity index (χ1) is 21.5. The molecule has 3 N–H and O–H groups in total. The molecule has 3 amide bonds. The van der Waals surface area contributed by atoms with E-state index >= 15 is 0 Å². The molecular weight excluding hydrogens is 582 g/mol. The Hall–Kier alpha value is -5.16. The van der Waals surface area contributed by atoms with Crippen LogP contribution in [0, 0.1) is 5.92 Å². The van der Waals surface area contributed by atoms with Crippen molar-refractivity contribution >= 4 is 45.7 Å². The number of rotatable bonds is 9. The molecule has 1 heterocycles. The Morgan fingerprint density at radius 1 is 0.956 bits per heavy atom. The predicted molar refractivity (Wildman–Crippen MR) is 166 cm³/mol. The van der Waals surface area contributed by atoms with Crippen molar-refractivity contribution in [3.8, 4) is 5.75 Å². The molecule has 5 rings (SSSR count). The number of carbonyl (C=O) groups excluding carboxylic acids is 4. The van der Waals surface area contributed by atoms with Crippen molar-refractivity contribution in [2.75, 3.05) is 23.4 Å². The van der Waals surface area contributed by atoms with Gasteiger partial charge in [0.05, 0.1) is 23.8 Å². The van der Waals surface area contributed by atoms with E-state index in [0.717, 1.165) is 5.39 Å². The van der Waals surface area contributed by atoms with Gasteiger partial charge in [-0.15, -0.1) is 0 Å². The molecule has 0 aliphatic carbocycles. The second-order valence-electron chi connectivity index (χ2n) is 11.0. The van der Waals surface area contributed by atoms with E-state index in [0.29, 0.717) is 27.9 Å². The van der Waals surface area contributed by atoms with E-state index in [4.69, 9.17) is 10.5 Å². The van der Waals surface area contributed by atoms with Gasteiger partial charge in [-0.1, -0.05) is 54.6 Å². The number of likely N-dealkylation sites (N-methyl/N-ethyl adjacent to an activating group) is 1. The van der Waals surface area contributed by atoms with Crippen LogP contribution in [0.4, 0.5) is 20.2 Å². The van der Waals surface area contributed by atoms with Crippen LogP contribution in [0.5, 0.6) is 5.75 Å². The minimum Gasteiger partial charge on any atom is -0.434 e. The van der Waals surface area contributed by atoms with Gasteiger partial charge in [0, 0.05) is 23.2 Å². The fourth-order valence-electron chi connectivity index (χ4n) is 5.69. The largest absolute Gasteiger partial charge is 0.434 e. The number of hydrogen-bond acceptors (Lipinski definition) is 6. The van der Waals surface area contributed by atoms with E-state index in [2.05, 4.69) is 5.32 Å². The third kappa shape index (κ3) is 5.86. The number of carbonyl (C=O) groups is 4. The number of nitrogens with zero attached hydrogens (tertiary/aromatic N) is 2. The van der Waals surface area contributed by atoms with Crippen molar-refractivity contribution in [2.24, 2.45) is 11.7 Å². The summed E-state index contributed by atoms with van der Waals surface area (Å²) >= 11 is 0. The maximum atomic E-state index is 14.6. The number of ether oxygens (including phenoxy) is 1. The number of fused-ring (bicyclic) bond motifs is 2. The molecule has 0 saturated heterocycles. The lowest BCUT2D eigenvalue weighted by Crippen LogP contribution is -2.63. The zero-order valence-corrected chi connectivity index (χ0v) is 24.9. The number of anilines is 2. The highest BCUT2D eigenvalue weighted by atomic mass is 19.3. The van der Waals surface area contributed by atoms with E-state index in [1.54, 1.807) is 60.7 Å². The topological polar surface area (TPSA) is 122 Å². The number of hydrogen-bond donors (Lipinski definition) is 2. The summed E-state index contributed by atoms with van der Waals surface area (Å²) in [4.78, 5) is 56.3. The number of amides is 3. The van der Waals surface area contributed by atoms with Crippen LogP contribution in [0.1, 0.15) is 40.1 Å². The minimum atomic E-state index is -3.12. The molecule has 2 atom stereocenters. The van der Waals surface area contributed by atoms with Crippen LogP contribution in [-0.4, -0.2) is 49.2 Å². The quantitative estimate of drug-likeness (QED) is 0.258. The lowest BCUT2D eigenvalue weighted by Gasteiger charge is -2.36. The van der Waals surface area contributed by atoms with Gasteiger partial charge in [0.1, 0.15) is 11.3 Å². The van der Waals surface area contributed by atoms with Gasteiger partial charge in [-0.3, -0.25) is 19.2 Å². The molecule has 0 fully saturated rings. The first-order valence-electron chi connectivity index (χ1n) is 14.2. The molecule has 45 heavy (non-hydrogen) atoms. The van der Waals surface area contributed by atoms with Gasteiger partial charge in [0.25, 0.3) is 5.91 Å². The molecule has 0 saturated carbocycles. The number of nitrogens with two attached hydrogens (primary N) is 1. The van der Waals surface area contributed by atoms with Crippen LogP contribution in [0.3, 0.4) is 0 Å². The van der Waals surface area contributed by atoms with Gasteiger partial charge in [0.15, 0.2) is 5.78 Å². The molecular formula is C34H32F2N4O5. The van der Waals surface area contributed by atoms with Crippen molar-refractivity contribution in [3.05, 3.63) is 102 Å². The Balaban J connectivity index is 1.71. The number of nitrogens with one attached hydrogen (secondary N) is 1. The molecule has 1 unspecified atom stereocenters. The summed E-state index contributed by atoms with van der Waals surface area (Å²) in [6.07, 6.45) is 0. The number of Topliss-reactive ketones (excluding diaryl/α,β-unsaturated/α-hetero) is 1. The summed E-state index contributed by atoms with van der Waals surface area (Å²) in [5, 5.41) is 4.21. The van der Waals surface area contributed by atoms with E-state index in [-0.39, 0.29) is 30.2 Å². The van der Waals surface area contributed by atoms with Crippen LogP contribution < -0.4 is 25.6 Å². The first-order valence-corrected chi connectivity index (χ1v) is 14.2. The van der Waals surface area contributed by atoms with Crippen LogP contribution in [0.15, 0.2) is 84.9 Å². The summed E-state index contributed by atoms with van der Waals surface area (Å²) in [5.74, 6) is -3.34. The lowest BCUT2D eigenvalue weighted by molar-refractivity contribution is -0.133. The number of halogens is 2. The van der Waals surface area contributed by atoms with Gasteiger partial charge in [0.2, 0.25) is 11.8 Å². The summed E-state index contributed by atoms with van der Waals surface area (Å²) in [5.41, 5.74) is 5.90. The smallest absolute Gasteiger partial charge is 0.387 e. The number of para-hydroxylation sites is 2. The summed E-state index contributed by atoms with van der Waals surface area (Å²) in [6.45, 7) is -0.670. The average molecular weight is 615 g/mol. The van der Waals surface area contributed by atoms with E-state index < -0.39 is 35.8 Å². The zero-order chi connectivity index (χ0) is 32.5. The summed E-state index contributed by atoms with van der Waals surface area (Å²) in [6, 6.07) is 23.0. The fourth-order valence-corrected chi connectivity index (χ4v) is 5.69. The third-order valence-electron chi connectivity index (χ3n) is 8.43. The second kappa shape index (κ2) is 12.4. The molecule has 232 valence electrons. The number of ketones is 1. The highest BCUT2D eigenvalue weighted by molar-refractivity contribution is 6.13. The highest BCUT2D eigenvalue weighted by Gasteiger charge is 2.49. The van der Waals surface area contributed by atoms with E-state index in [1.165, 1.54) is 48.9 Å². The molecule has 9 nitrogen and oxygen atoms in total. The first kappa shape index (κ1) is 31.3. The molecule has 0 aromatic heterocycles. The molecule has 4 aromatic carbocycles. The van der Waals surface area contributed by atoms with Gasteiger partial charge < -0.3 is 25.6 Å². The molecule has 11 heteroatoms. The van der Waals surface area contributed by atoms with Crippen LogP contribution in [0.25, 0.3) is 10.8 Å².